The molecule has 100 valence electrons. The average Bonchev–Trinajstić information content (AvgIpc) is 2.33. The largest absolute Gasteiger partial charge is 0.383 e. The van der Waals surface area contributed by atoms with Gasteiger partial charge in [-0.15, -0.1) is 0 Å². The molecule has 1 aromatic rings. The van der Waals surface area contributed by atoms with Gasteiger partial charge >= 0.3 is 0 Å². The fourth-order valence-electron chi connectivity index (χ4n) is 1.64. The molecular formula is C14H22N2O2. The first kappa shape index (κ1) is 14.6. The monoisotopic (exact) mass is 250 g/mol. The van der Waals surface area contributed by atoms with Crippen LogP contribution in [0, 0.1) is 5.41 Å². The Morgan fingerprint density at radius 3 is 2.44 bits per heavy atom. The number of ether oxygens (including phenoxy) is 1. The number of rotatable bonds is 5. The van der Waals surface area contributed by atoms with E-state index in [1.165, 1.54) is 0 Å². The SMILES string of the molecule is COCCN(Cc1ccncc1)C(=O)C(C)(C)C. The highest BCUT2D eigenvalue weighted by Gasteiger charge is 2.26. The first-order valence-electron chi connectivity index (χ1n) is 6.12. The molecule has 0 spiro atoms. The van der Waals surface area contributed by atoms with Gasteiger partial charge in [-0.3, -0.25) is 9.78 Å². The summed E-state index contributed by atoms with van der Waals surface area (Å²) in [5.74, 6) is 0.136. The lowest BCUT2D eigenvalue weighted by atomic mass is 9.94. The number of hydrogen-bond donors (Lipinski definition) is 0. The quantitative estimate of drug-likeness (QED) is 0.803. The Balaban J connectivity index is 2.76. The van der Waals surface area contributed by atoms with Crippen molar-refractivity contribution in [2.24, 2.45) is 5.41 Å². The van der Waals surface area contributed by atoms with Crippen LogP contribution < -0.4 is 0 Å². The maximum Gasteiger partial charge on any atom is 0.228 e. The van der Waals surface area contributed by atoms with Crippen molar-refractivity contribution in [1.82, 2.24) is 9.88 Å². The van der Waals surface area contributed by atoms with Gasteiger partial charge in [-0.1, -0.05) is 20.8 Å². The lowest BCUT2D eigenvalue weighted by Crippen LogP contribution is -2.40. The van der Waals surface area contributed by atoms with Crippen LogP contribution in [0.2, 0.25) is 0 Å². The molecule has 0 saturated heterocycles. The molecule has 18 heavy (non-hydrogen) atoms. The van der Waals surface area contributed by atoms with E-state index in [-0.39, 0.29) is 11.3 Å². The highest BCUT2D eigenvalue weighted by Crippen LogP contribution is 2.18. The van der Waals surface area contributed by atoms with Gasteiger partial charge in [0.25, 0.3) is 0 Å². The topological polar surface area (TPSA) is 42.4 Å². The van der Waals surface area contributed by atoms with Crippen LogP contribution in [0.1, 0.15) is 26.3 Å². The summed E-state index contributed by atoms with van der Waals surface area (Å²) >= 11 is 0. The molecule has 0 saturated carbocycles. The molecule has 0 radical (unpaired) electrons. The van der Waals surface area contributed by atoms with E-state index < -0.39 is 0 Å². The molecule has 4 heteroatoms. The third kappa shape index (κ3) is 4.45. The Morgan fingerprint density at radius 1 is 1.33 bits per heavy atom. The van der Waals surface area contributed by atoms with Crippen LogP contribution in [-0.2, 0) is 16.1 Å². The van der Waals surface area contributed by atoms with Crippen molar-refractivity contribution >= 4 is 5.91 Å². The molecule has 0 fully saturated rings. The summed E-state index contributed by atoms with van der Waals surface area (Å²) < 4.78 is 5.07. The fourth-order valence-corrected chi connectivity index (χ4v) is 1.64. The van der Waals surface area contributed by atoms with Crippen molar-refractivity contribution in [2.45, 2.75) is 27.3 Å². The molecule has 0 N–H and O–H groups in total. The van der Waals surface area contributed by atoms with Crippen molar-refractivity contribution in [3.05, 3.63) is 30.1 Å². The molecule has 0 aliphatic heterocycles. The summed E-state index contributed by atoms with van der Waals surface area (Å²) in [7, 11) is 1.65. The van der Waals surface area contributed by atoms with Crippen molar-refractivity contribution in [3.63, 3.8) is 0 Å². The summed E-state index contributed by atoms with van der Waals surface area (Å²) in [6.45, 7) is 7.55. The predicted octanol–water partition coefficient (Wildman–Crippen LogP) is 2.10. The number of pyridine rings is 1. The number of carbonyl (C=O) groups is 1. The third-order valence-electron chi connectivity index (χ3n) is 2.62. The van der Waals surface area contributed by atoms with Crippen molar-refractivity contribution < 1.29 is 9.53 Å². The van der Waals surface area contributed by atoms with E-state index in [0.717, 1.165) is 5.56 Å². The highest BCUT2D eigenvalue weighted by atomic mass is 16.5. The lowest BCUT2D eigenvalue weighted by Gasteiger charge is -2.29. The fraction of sp³-hybridized carbons (Fsp3) is 0.571. The summed E-state index contributed by atoms with van der Waals surface area (Å²) in [6.07, 6.45) is 3.48. The van der Waals surface area contributed by atoms with Gasteiger partial charge in [-0.05, 0) is 17.7 Å². The molecule has 1 amide bonds. The van der Waals surface area contributed by atoms with Gasteiger partial charge < -0.3 is 9.64 Å². The van der Waals surface area contributed by atoms with E-state index in [1.807, 2.05) is 37.8 Å². The van der Waals surface area contributed by atoms with Crippen LogP contribution in [-0.4, -0.2) is 36.1 Å². The Bertz CT molecular complexity index is 371. The molecule has 0 aliphatic carbocycles. The lowest BCUT2D eigenvalue weighted by molar-refractivity contribution is -0.140. The molecule has 1 heterocycles. The van der Waals surface area contributed by atoms with E-state index in [2.05, 4.69) is 4.98 Å². The van der Waals surface area contributed by atoms with Crippen LogP contribution in [0.15, 0.2) is 24.5 Å². The van der Waals surface area contributed by atoms with Gasteiger partial charge in [0.2, 0.25) is 5.91 Å². The van der Waals surface area contributed by atoms with E-state index >= 15 is 0 Å². The number of nitrogens with zero attached hydrogens (tertiary/aromatic N) is 2. The third-order valence-corrected chi connectivity index (χ3v) is 2.62. The number of carbonyl (C=O) groups excluding carboxylic acids is 1. The maximum absolute atomic E-state index is 12.3. The van der Waals surface area contributed by atoms with Crippen molar-refractivity contribution in [2.75, 3.05) is 20.3 Å². The van der Waals surface area contributed by atoms with Crippen LogP contribution in [0.4, 0.5) is 0 Å². The van der Waals surface area contributed by atoms with Crippen LogP contribution in [0.25, 0.3) is 0 Å². The van der Waals surface area contributed by atoms with Gasteiger partial charge in [0.15, 0.2) is 0 Å². The zero-order valence-corrected chi connectivity index (χ0v) is 11.6. The summed E-state index contributed by atoms with van der Waals surface area (Å²) in [5, 5.41) is 0. The second-order valence-corrected chi connectivity index (χ2v) is 5.32. The molecule has 1 rings (SSSR count). The van der Waals surface area contributed by atoms with E-state index in [4.69, 9.17) is 4.74 Å². The molecule has 0 unspecified atom stereocenters. The number of aromatic nitrogens is 1. The Hall–Kier alpha value is -1.42. The predicted molar refractivity (Wildman–Crippen MR) is 71.0 cm³/mol. The smallest absolute Gasteiger partial charge is 0.228 e. The highest BCUT2D eigenvalue weighted by molar-refractivity contribution is 5.81. The molecule has 0 aliphatic rings. The van der Waals surface area contributed by atoms with E-state index in [9.17, 15) is 4.79 Å². The zero-order chi connectivity index (χ0) is 13.6. The number of amides is 1. The van der Waals surface area contributed by atoms with Gasteiger partial charge in [0.1, 0.15) is 0 Å². The van der Waals surface area contributed by atoms with Crippen molar-refractivity contribution in [3.8, 4) is 0 Å². The summed E-state index contributed by atoms with van der Waals surface area (Å²) in [6, 6.07) is 3.85. The second-order valence-electron chi connectivity index (χ2n) is 5.32. The molecule has 0 aromatic carbocycles. The minimum atomic E-state index is -0.374. The average molecular weight is 250 g/mol. The van der Waals surface area contributed by atoms with Crippen molar-refractivity contribution in [1.29, 1.82) is 0 Å². The molecule has 4 nitrogen and oxygen atoms in total. The van der Waals surface area contributed by atoms with Crippen LogP contribution in [0.5, 0.6) is 0 Å². The molecule has 1 aromatic heterocycles. The summed E-state index contributed by atoms with van der Waals surface area (Å²) in [4.78, 5) is 18.1. The first-order valence-corrected chi connectivity index (χ1v) is 6.12. The standard InChI is InChI=1S/C14H22N2O2/c1-14(2,3)13(17)16(9-10-18-4)11-12-5-7-15-8-6-12/h5-8H,9-11H2,1-4H3. The van der Waals surface area contributed by atoms with Gasteiger partial charge in [0, 0.05) is 38.0 Å². The Morgan fingerprint density at radius 2 is 1.94 bits per heavy atom. The van der Waals surface area contributed by atoms with Crippen LogP contribution in [0.3, 0.4) is 0 Å². The normalized spacial score (nSPS) is 11.3. The van der Waals surface area contributed by atoms with Gasteiger partial charge in [0.05, 0.1) is 6.61 Å². The molecule has 0 atom stereocenters. The number of hydrogen-bond acceptors (Lipinski definition) is 3. The maximum atomic E-state index is 12.3. The van der Waals surface area contributed by atoms with Gasteiger partial charge in [-0.2, -0.15) is 0 Å². The Kier molecular flexibility index (Phi) is 5.28. The summed E-state index contributed by atoms with van der Waals surface area (Å²) in [5.41, 5.74) is 0.708. The van der Waals surface area contributed by atoms with Crippen LogP contribution >= 0.6 is 0 Å². The van der Waals surface area contributed by atoms with E-state index in [1.54, 1.807) is 19.5 Å². The number of methoxy groups -OCH3 is 1. The second kappa shape index (κ2) is 6.50. The minimum Gasteiger partial charge on any atom is -0.383 e. The minimum absolute atomic E-state index is 0.136. The zero-order valence-electron chi connectivity index (χ0n) is 11.6. The van der Waals surface area contributed by atoms with Gasteiger partial charge in [-0.25, -0.2) is 0 Å². The Labute approximate surface area is 109 Å². The molecule has 0 bridgehead atoms. The first-order chi connectivity index (χ1) is 8.45. The molecular weight excluding hydrogens is 228 g/mol. The van der Waals surface area contributed by atoms with E-state index in [0.29, 0.717) is 19.7 Å².